The van der Waals surface area contributed by atoms with Gasteiger partial charge in [0.05, 0.1) is 54.7 Å². The van der Waals surface area contributed by atoms with Crippen molar-refractivity contribution in [2.75, 3.05) is 46.0 Å². The number of nitrogens with two attached hydrogens (primary N) is 1. The number of fused-ring (bicyclic) bond motifs is 5. The number of ketones is 2. The number of primary amides is 1. The van der Waals surface area contributed by atoms with Crippen LogP contribution < -0.4 is 26.0 Å². The number of anilines is 1. The summed E-state index contributed by atoms with van der Waals surface area (Å²) in [6.45, 7) is 15.9. The Hall–Kier alpha value is -6.73. The molecule has 0 radical (unpaired) electrons. The molecule has 92 heavy (non-hydrogen) atoms. The molecule has 1 unspecified atom stereocenters. The summed E-state index contributed by atoms with van der Waals surface area (Å²) >= 11 is 6.86. The number of Topliss-reactive ketones (excluding diaryl/α,β-unsaturated/α-hetero) is 2. The molecule has 0 aliphatic carbocycles. The van der Waals surface area contributed by atoms with Gasteiger partial charge in [0.1, 0.15) is 52.1 Å². The van der Waals surface area contributed by atoms with Crippen LogP contribution in [-0.4, -0.2) is 167 Å². The summed E-state index contributed by atoms with van der Waals surface area (Å²) in [7, 11) is 1.48. The minimum atomic E-state index is -4.20. The van der Waals surface area contributed by atoms with E-state index in [9.17, 15) is 56.7 Å². The van der Waals surface area contributed by atoms with Crippen LogP contribution in [0.4, 0.5) is 10.5 Å². The number of epoxide rings is 1. The molecule has 5 amide bonds. The lowest BCUT2D eigenvalue weighted by Crippen LogP contribution is -2.53. The van der Waals surface area contributed by atoms with Gasteiger partial charge in [0.25, 0.3) is 5.91 Å². The van der Waals surface area contributed by atoms with Gasteiger partial charge in [-0.1, -0.05) is 76.1 Å². The summed E-state index contributed by atoms with van der Waals surface area (Å²) in [5.74, 6) is -6.32. The van der Waals surface area contributed by atoms with E-state index in [0.717, 1.165) is 28.4 Å². The molecule has 25 heteroatoms. The quantitative estimate of drug-likeness (QED) is 0.0274. The molecule has 5 rings (SSSR count). The zero-order valence-electron chi connectivity index (χ0n) is 55.7. The van der Waals surface area contributed by atoms with Gasteiger partial charge in [0.2, 0.25) is 11.8 Å². The number of halogens is 1. The maximum Gasteiger partial charge on any atom is 0.328 e. The molecule has 3 aliphatic heterocycles. The number of aliphatic hydroxyl groups is 1. The Bertz CT molecular complexity index is 3200. The van der Waals surface area contributed by atoms with Crippen molar-refractivity contribution in [3.63, 3.8) is 0 Å². The number of esters is 3. The van der Waals surface area contributed by atoms with E-state index in [1.54, 1.807) is 52.0 Å². The molecule has 11 atom stereocenters. The number of sulfone groups is 1. The summed E-state index contributed by atoms with van der Waals surface area (Å²) in [6.07, 6.45) is 4.02. The maximum absolute atomic E-state index is 14.6. The number of carbonyl (C=O) groups is 9. The van der Waals surface area contributed by atoms with Crippen LogP contribution in [0.15, 0.2) is 59.0 Å². The van der Waals surface area contributed by atoms with Gasteiger partial charge in [-0.2, -0.15) is 0 Å². The number of unbranched alkanes of at least 4 members (excludes halogenated alkanes) is 1. The summed E-state index contributed by atoms with van der Waals surface area (Å²) in [5, 5.41) is 17.4. The Morgan fingerprint density at radius 2 is 1.66 bits per heavy atom. The third-order valence-corrected chi connectivity index (χ3v) is 19.6. The van der Waals surface area contributed by atoms with Gasteiger partial charge >= 0.3 is 23.9 Å². The van der Waals surface area contributed by atoms with E-state index in [2.05, 4.69) is 10.6 Å². The van der Waals surface area contributed by atoms with E-state index >= 15 is 0 Å². The van der Waals surface area contributed by atoms with Gasteiger partial charge in [-0.05, 0) is 120 Å². The minimum absolute atomic E-state index is 0.00650. The monoisotopic (exact) mass is 1330 g/mol. The van der Waals surface area contributed by atoms with Gasteiger partial charge in [0, 0.05) is 77.1 Å². The third-order valence-electron chi connectivity index (χ3n) is 18.0. The number of hydrogen-bond acceptors (Lipinski definition) is 18. The highest BCUT2D eigenvalue weighted by Crippen LogP contribution is 2.50. The summed E-state index contributed by atoms with van der Waals surface area (Å²) in [6, 6.07) is 3.74. The second-order valence-corrected chi connectivity index (χ2v) is 27.8. The van der Waals surface area contributed by atoms with Crippen LogP contribution in [0.3, 0.4) is 0 Å². The highest BCUT2D eigenvalue weighted by molar-refractivity contribution is 7.90. The Morgan fingerprint density at radius 3 is 2.28 bits per heavy atom. The van der Waals surface area contributed by atoms with Crippen LogP contribution in [0.2, 0.25) is 5.02 Å². The maximum atomic E-state index is 14.6. The standard InChI is InChI=1S/C67H96ClN5O18S/c1-15-44(16-2)64(81)88-40(6)22-17-18-23-47(74)34-48(38(3)4)61(78)71-49(24-20-28-70-65(69)82)51(75)32-45-26-27-46(33-54(45)92(14,84)85)62(79)72(10)42(8)63(80)90-56-35-57(76)73(11)50-30-43(31-52(86-12)59(50)68)29-39(5)21-19-25-55(87-13)67(83)36-53(89-58(77)37-67)41(7)60-66(56,9)91-60/h19,21,25-27,30-31,33,38,40-42,44,48-49,53,55-56,60,83H,15-18,20,22-24,28-29,32,34-37H2,1-14H3,(H,71,78)(H3,69,70,82)/b25-19+,39-21+/t40?,41-,42+,48+,49+,53+,55-,56+,60+,66+,67-/m1/s1. The van der Waals surface area contributed by atoms with Crippen molar-refractivity contribution >= 4 is 80.4 Å². The predicted octanol–water partition coefficient (Wildman–Crippen LogP) is 7.69. The van der Waals surface area contributed by atoms with E-state index in [4.69, 9.17) is 45.8 Å². The van der Waals surface area contributed by atoms with Gasteiger partial charge in [-0.25, -0.2) is 18.0 Å². The lowest BCUT2D eigenvalue weighted by molar-refractivity contribution is -0.187. The van der Waals surface area contributed by atoms with Gasteiger partial charge in [0.15, 0.2) is 15.6 Å². The third kappa shape index (κ3) is 20.1. The number of carbonyl (C=O) groups excluding carboxylic acids is 9. The van der Waals surface area contributed by atoms with Crippen molar-refractivity contribution < 1.29 is 85.1 Å². The molecule has 3 heterocycles. The number of methoxy groups -OCH3 is 2. The van der Waals surface area contributed by atoms with Crippen LogP contribution >= 0.6 is 11.6 Å². The highest BCUT2D eigenvalue weighted by Gasteiger charge is 2.64. The predicted molar refractivity (Wildman–Crippen MR) is 344 cm³/mol. The van der Waals surface area contributed by atoms with Crippen molar-refractivity contribution in [1.29, 1.82) is 0 Å². The molecule has 2 aromatic rings. The molecule has 3 aliphatic rings. The lowest BCUT2D eigenvalue weighted by atomic mass is 9.78. The van der Waals surface area contributed by atoms with E-state index in [1.807, 2.05) is 33.8 Å². The van der Waals surface area contributed by atoms with E-state index in [1.165, 1.54) is 52.3 Å². The number of likely N-dealkylation sites (N-methyl/N-ethyl adjacent to an activating group) is 1. The van der Waals surface area contributed by atoms with Crippen molar-refractivity contribution in [3.8, 4) is 5.75 Å². The number of benzene rings is 2. The molecule has 5 N–H and O–H groups in total. The average molecular weight is 1330 g/mol. The Morgan fingerprint density at radius 1 is 0.978 bits per heavy atom. The molecule has 510 valence electrons. The molecule has 2 aromatic carbocycles. The number of urea groups is 1. The van der Waals surface area contributed by atoms with E-state index < -0.39 is 124 Å². The van der Waals surface area contributed by atoms with E-state index in [0.29, 0.717) is 50.0 Å². The number of amides is 5. The molecule has 0 spiro atoms. The fourth-order valence-corrected chi connectivity index (χ4v) is 13.2. The molecule has 4 bridgehead atoms. The Balaban J connectivity index is 1.37. The summed E-state index contributed by atoms with van der Waals surface area (Å²) in [4.78, 5) is 124. The second kappa shape index (κ2) is 33.4. The Kier molecular flexibility index (Phi) is 27.6. The molecule has 2 fully saturated rings. The van der Waals surface area contributed by atoms with Crippen molar-refractivity contribution in [1.82, 2.24) is 15.5 Å². The molecular formula is C67H96ClN5O18S. The van der Waals surface area contributed by atoms with E-state index in [-0.39, 0.29) is 95.8 Å². The van der Waals surface area contributed by atoms with Gasteiger partial charge < -0.3 is 59.7 Å². The molecule has 0 aromatic heterocycles. The van der Waals surface area contributed by atoms with Crippen molar-refractivity contribution in [2.45, 2.75) is 211 Å². The number of allylic oxidation sites excluding steroid dienone is 3. The SMILES string of the molecule is CCC(CC)C(=O)OC(C)CCCCC(=O)C[C@H](C(=O)N[C@@H](CCCNC(N)=O)C(=O)Cc1ccc(C(=O)N(C)[C@@H](C)C(=O)O[C@H]2CC(=O)N(C)c3cc(cc(OC)c3Cl)C/C(C)=C/C=C/[C@@H](OC)[C@]3(O)CC(=O)O[C@@H](C3)[C@@H](C)[C@@H]3O[C@@]23C)cc1S(C)(=O)=O)C(C)C. The van der Waals surface area contributed by atoms with Crippen molar-refractivity contribution in [3.05, 3.63) is 75.8 Å². The first-order valence-electron chi connectivity index (χ1n) is 31.6. The normalized spacial score (nSPS) is 24.1. The van der Waals surface area contributed by atoms with Crippen molar-refractivity contribution in [2.24, 2.45) is 29.4 Å². The lowest BCUT2D eigenvalue weighted by Gasteiger charge is -2.41. The fourth-order valence-electron chi connectivity index (χ4n) is 11.9. The van der Waals surface area contributed by atoms with Gasteiger partial charge in [-0.15, -0.1) is 0 Å². The molecular weight excluding hydrogens is 1230 g/mol. The van der Waals surface area contributed by atoms with Crippen LogP contribution in [0.5, 0.6) is 5.75 Å². The summed E-state index contributed by atoms with van der Waals surface area (Å²) < 4.78 is 62.5. The number of rotatable bonds is 28. The molecule has 2 saturated heterocycles. The smallest absolute Gasteiger partial charge is 0.328 e. The van der Waals surface area contributed by atoms with Crippen LogP contribution in [-0.2, 0) is 79.9 Å². The van der Waals surface area contributed by atoms with Crippen LogP contribution in [0.1, 0.15) is 161 Å². The molecule has 23 nitrogen and oxygen atoms in total. The fraction of sp³-hybridized carbons (Fsp3) is 0.627. The van der Waals surface area contributed by atoms with Crippen LogP contribution in [0.25, 0.3) is 0 Å². The van der Waals surface area contributed by atoms with Crippen LogP contribution in [0, 0.1) is 23.7 Å². The first kappa shape index (κ1) is 76.0. The number of nitrogens with one attached hydrogen (secondary N) is 2. The number of nitrogens with zero attached hydrogens (tertiary/aromatic N) is 2. The largest absolute Gasteiger partial charge is 0.495 e. The zero-order valence-corrected chi connectivity index (χ0v) is 57.3. The van der Waals surface area contributed by atoms with Gasteiger partial charge in [-0.3, -0.25) is 33.6 Å². The highest BCUT2D eigenvalue weighted by atomic mass is 35.5. The first-order valence-corrected chi connectivity index (χ1v) is 33.9. The zero-order chi connectivity index (χ0) is 68.7. The second-order valence-electron chi connectivity index (χ2n) is 25.5. The summed E-state index contributed by atoms with van der Waals surface area (Å²) in [5.41, 5.74) is 3.88. The first-order chi connectivity index (χ1) is 43.1. The number of ether oxygens (including phenoxy) is 6. The average Bonchev–Trinajstić information content (AvgIpc) is 1.52. The number of hydrogen-bond donors (Lipinski definition) is 4. The minimum Gasteiger partial charge on any atom is -0.495 e. The topological polar surface area (TPSA) is 323 Å². The Labute approximate surface area is 546 Å². The molecule has 0 saturated carbocycles.